The summed E-state index contributed by atoms with van der Waals surface area (Å²) in [5, 5.41) is 6.94. The summed E-state index contributed by atoms with van der Waals surface area (Å²) in [6.45, 7) is 0. The topological polar surface area (TPSA) is 42.4 Å². The fourth-order valence-electron chi connectivity index (χ4n) is 7.94. The van der Waals surface area contributed by atoms with Gasteiger partial charge >= 0.3 is 0 Å². The lowest BCUT2D eigenvalue weighted by Gasteiger charge is -2.26. The first-order valence-corrected chi connectivity index (χ1v) is 18.5. The monoisotopic (exact) mass is 704 g/mol. The summed E-state index contributed by atoms with van der Waals surface area (Å²) in [4.78, 5) is 7.10. The van der Waals surface area contributed by atoms with Gasteiger partial charge in [-0.15, -0.1) is 0 Å². The number of aromatic nitrogens is 1. The number of anilines is 3. The molecule has 0 saturated carbocycles. The lowest BCUT2D eigenvalue weighted by Crippen LogP contribution is -2.10. The maximum atomic E-state index is 6.58. The van der Waals surface area contributed by atoms with Gasteiger partial charge in [0.25, 0.3) is 0 Å². The summed E-state index contributed by atoms with van der Waals surface area (Å²) in [7, 11) is 0. The second-order valence-corrected chi connectivity index (χ2v) is 14.0. The van der Waals surface area contributed by atoms with Crippen LogP contribution in [0.25, 0.3) is 88.3 Å². The first kappa shape index (κ1) is 31.1. The first-order chi connectivity index (χ1) is 27.2. The van der Waals surface area contributed by atoms with Crippen molar-refractivity contribution in [2.75, 3.05) is 4.90 Å². The molecule has 0 amide bonds. The van der Waals surface area contributed by atoms with Crippen LogP contribution in [0.1, 0.15) is 0 Å². The molecule has 0 unspecified atom stereocenters. The minimum absolute atomic E-state index is 0.600. The molecule has 0 bridgehead atoms. The van der Waals surface area contributed by atoms with Crippen LogP contribution in [0.4, 0.5) is 17.1 Å². The molecule has 11 aromatic rings. The molecule has 0 radical (unpaired) electrons. The molecule has 0 spiro atoms. The van der Waals surface area contributed by atoms with Gasteiger partial charge in [0.05, 0.1) is 0 Å². The largest absolute Gasteiger partial charge is 0.456 e. The summed E-state index contributed by atoms with van der Waals surface area (Å²) < 4.78 is 12.8. The van der Waals surface area contributed by atoms with E-state index in [1.54, 1.807) is 0 Å². The third kappa shape index (κ3) is 5.43. The van der Waals surface area contributed by atoms with Gasteiger partial charge in [-0.05, 0) is 104 Å². The maximum absolute atomic E-state index is 6.58. The quantitative estimate of drug-likeness (QED) is 0.173. The van der Waals surface area contributed by atoms with Crippen LogP contribution in [-0.4, -0.2) is 4.98 Å². The molecule has 11 rings (SSSR count). The molecular formula is C51H32N2O2. The molecule has 2 aromatic heterocycles. The number of rotatable bonds is 6. The Morgan fingerprint density at radius 3 is 1.91 bits per heavy atom. The minimum atomic E-state index is 0.600. The predicted molar refractivity (Wildman–Crippen MR) is 227 cm³/mol. The van der Waals surface area contributed by atoms with Crippen LogP contribution >= 0.6 is 0 Å². The number of nitrogens with zero attached hydrogens (tertiary/aromatic N) is 2. The molecular weight excluding hydrogens is 673 g/mol. The van der Waals surface area contributed by atoms with Crippen molar-refractivity contribution in [3.8, 4) is 33.7 Å². The first-order valence-electron chi connectivity index (χ1n) is 18.5. The average molecular weight is 705 g/mol. The van der Waals surface area contributed by atoms with Crippen molar-refractivity contribution in [3.05, 3.63) is 194 Å². The van der Waals surface area contributed by atoms with Gasteiger partial charge in [-0.3, -0.25) is 0 Å². The molecule has 0 atom stereocenters. The van der Waals surface area contributed by atoms with Crippen LogP contribution in [-0.2, 0) is 0 Å². The molecule has 9 aromatic carbocycles. The van der Waals surface area contributed by atoms with Crippen LogP contribution < -0.4 is 4.90 Å². The SMILES string of the molecule is c1ccc(-c2nc3cc4oc5cc(N(c6ccc(-c7cccc8ccccc78)cc6)c6cccc(-c7ccc8ccccc8c7)c6)ccc5c4cc3o2)cc1. The molecule has 0 N–H and O–H groups in total. The number of benzene rings is 9. The van der Waals surface area contributed by atoms with Crippen molar-refractivity contribution in [2.45, 2.75) is 0 Å². The van der Waals surface area contributed by atoms with E-state index in [9.17, 15) is 0 Å². The van der Waals surface area contributed by atoms with Gasteiger partial charge in [0.15, 0.2) is 5.58 Å². The van der Waals surface area contributed by atoms with E-state index < -0.39 is 0 Å². The zero-order valence-corrected chi connectivity index (χ0v) is 29.7. The Morgan fingerprint density at radius 2 is 1.02 bits per heavy atom. The highest BCUT2D eigenvalue weighted by Gasteiger charge is 2.19. The van der Waals surface area contributed by atoms with Crippen LogP contribution in [0.15, 0.2) is 203 Å². The zero-order chi connectivity index (χ0) is 36.3. The Labute approximate surface area is 317 Å². The molecule has 4 heteroatoms. The number of hydrogen-bond donors (Lipinski definition) is 0. The Bertz CT molecular complexity index is 3210. The predicted octanol–water partition coefficient (Wildman–Crippen LogP) is 14.5. The number of furan rings is 1. The summed E-state index contributed by atoms with van der Waals surface area (Å²) in [5.74, 6) is 0.600. The fraction of sp³-hybridized carbons (Fsp3) is 0. The van der Waals surface area contributed by atoms with Gasteiger partial charge in [0.2, 0.25) is 5.89 Å². The van der Waals surface area contributed by atoms with Crippen molar-refractivity contribution in [2.24, 2.45) is 0 Å². The Hall–Kier alpha value is -7.43. The van der Waals surface area contributed by atoms with E-state index in [0.717, 1.165) is 61.2 Å². The maximum Gasteiger partial charge on any atom is 0.227 e. The van der Waals surface area contributed by atoms with E-state index in [-0.39, 0.29) is 0 Å². The lowest BCUT2D eigenvalue weighted by molar-refractivity contribution is 0.620. The average Bonchev–Trinajstić information content (AvgIpc) is 3.83. The highest BCUT2D eigenvalue weighted by atomic mass is 16.4. The zero-order valence-electron chi connectivity index (χ0n) is 29.7. The number of oxazole rings is 1. The van der Waals surface area contributed by atoms with Crippen LogP contribution in [0.2, 0.25) is 0 Å². The second kappa shape index (κ2) is 12.6. The smallest absolute Gasteiger partial charge is 0.227 e. The van der Waals surface area contributed by atoms with Crippen LogP contribution in [0.3, 0.4) is 0 Å². The molecule has 258 valence electrons. The van der Waals surface area contributed by atoms with Gasteiger partial charge in [-0.1, -0.05) is 121 Å². The Morgan fingerprint density at radius 1 is 0.345 bits per heavy atom. The van der Waals surface area contributed by atoms with Gasteiger partial charge in [-0.2, -0.15) is 0 Å². The second-order valence-electron chi connectivity index (χ2n) is 14.0. The van der Waals surface area contributed by atoms with E-state index >= 15 is 0 Å². The molecule has 0 fully saturated rings. The number of hydrogen-bond acceptors (Lipinski definition) is 4. The molecule has 55 heavy (non-hydrogen) atoms. The minimum Gasteiger partial charge on any atom is -0.456 e. The summed E-state index contributed by atoms with van der Waals surface area (Å²) >= 11 is 0. The molecule has 0 aliphatic rings. The van der Waals surface area contributed by atoms with E-state index in [2.05, 4.69) is 157 Å². The lowest BCUT2D eigenvalue weighted by atomic mass is 9.98. The summed E-state index contributed by atoms with van der Waals surface area (Å²) in [6.07, 6.45) is 0. The highest BCUT2D eigenvalue weighted by molar-refractivity contribution is 6.10. The van der Waals surface area contributed by atoms with Crippen molar-refractivity contribution in [1.82, 2.24) is 4.98 Å². The van der Waals surface area contributed by atoms with Crippen LogP contribution in [0.5, 0.6) is 0 Å². The molecule has 2 heterocycles. The summed E-state index contributed by atoms with van der Waals surface area (Å²) in [6, 6.07) is 68.4. The normalized spacial score (nSPS) is 11.6. The van der Waals surface area contributed by atoms with E-state index in [1.807, 2.05) is 42.5 Å². The molecule has 0 aliphatic heterocycles. The van der Waals surface area contributed by atoms with E-state index in [0.29, 0.717) is 5.89 Å². The van der Waals surface area contributed by atoms with Gasteiger partial charge < -0.3 is 13.7 Å². The molecule has 4 nitrogen and oxygen atoms in total. The standard InChI is InChI=1S/C51H32N2O2/c1-2-12-36(13-3-1)51-52-47-32-49-46(31-50(47)55-51)45-27-26-42(30-48(45)54-49)53(40-24-22-35(23-25-40)44-19-9-15-34-11-6-7-18-43(34)44)41-17-8-16-38(29-41)39-21-20-33-10-4-5-14-37(33)28-39/h1-32H. The van der Waals surface area contributed by atoms with E-state index in [4.69, 9.17) is 13.8 Å². The fourth-order valence-corrected chi connectivity index (χ4v) is 7.94. The Balaban J connectivity index is 1.03. The van der Waals surface area contributed by atoms with Crippen molar-refractivity contribution >= 4 is 71.6 Å². The number of fused-ring (bicyclic) bond motifs is 6. The van der Waals surface area contributed by atoms with Gasteiger partial charge in [0, 0.05) is 45.5 Å². The highest BCUT2D eigenvalue weighted by Crippen LogP contribution is 2.42. The van der Waals surface area contributed by atoms with Crippen molar-refractivity contribution in [1.29, 1.82) is 0 Å². The van der Waals surface area contributed by atoms with Crippen molar-refractivity contribution < 1.29 is 8.83 Å². The molecule has 0 aliphatic carbocycles. The third-order valence-electron chi connectivity index (χ3n) is 10.7. The summed E-state index contributed by atoms with van der Waals surface area (Å²) in [5.41, 5.74) is 11.8. The van der Waals surface area contributed by atoms with Crippen LogP contribution in [0, 0.1) is 0 Å². The molecule has 0 saturated heterocycles. The van der Waals surface area contributed by atoms with Gasteiger partial charge in [-0.25, -0.2) is 4.98 Å². The van der Waals surface area contributed by atoms with Crippen molar-refractivity contribution in [3.63, 3.8) is 0 Å². The van der Waals surface area contributed by atoms with E-state index in [1.165, 1.54) is 38.2 Å². The van der Waals surface area contributed by atoms with Gasteiger partial charge in [0.1, 0.15) is 16.7 Å². The Kier molecular flexibility index (Phi) is 7.14. The third-order valence-corrected chi connectivity index (χ3v) is 10.7.